The van der Waals surface area contributed by atoms with Crippen LogP contribution in [-0.4, -0.2) is 9.91 Å². The van der Waals surface area contributed by atoms with Crippen LogP contribution in [0.5, 0.6) is 0 Å². The highest BCUT2D eigenvalue weighted by Crippen LogP contribution is 2.27. The molecule has 0 radical (unpaired) electrons. The molecule has 1 N–H and O–H groups in total. The van der Waals surface area contributed by atoms with Gasteiger partial charge in [0.2, 0.25) is 0 Å². The average molecular weight is 229 g/mol. The van der Waals surface area contributed by atoms with Crippen molar-refractivity contribution in [2.45, 2.75) is 6.92 Å². The normalized spacial score (nSPS) is 9.94. The molecule has 0 fully saturated rings. The number of nitro groups is 1. The summed E-state index contributed by atoms with van der Waals surface area (Å²) in [6, 6.07) is 10.2. The number of hydrogen-bond donors (Lipinski definition) is 1. The molecule has 0 amide bonds. The number of aryl methyl sites for hydroxylation is 1. The van der Waals surface area contributed by atoms with Crippen LogP contribution in [0.15, 0.2) is 42.6 Å². The van der Waals surface area contributed by atoms with E-state index in [0.29, 0.717) is 11.5 Å². The monoisotopic (exact) mass is 229 g/mol. The minimum absolute atomic E-state index is 0.0394. The van der Waals surface area contributed by atoms with Gasteiger partial charge in [0.15, 0.2) is 0 Å². The van der Waals surface area contributed by atoms with Crippen molar-refractivity contribution in [3.05, 3.63) is 58.3 Å². The minimum atomic E-state index is -0.416. The molecule has 0 unspecified atom stereocenters. The zero-order valence-electron chi connectivity index (χ0n) is 9.25. The molecule has 0 aliphatic carbocycles. The summed E-state index contributed by atoms with van der Waals surface area (Å²) in [4.78, 5) is 14.6. The van der Waals surface area contributed by atoms with Gasteiger partial charge in [-0.1, -0.05) is 18.2 Å². The summed E-state index contributed by atoms with van der Waals surface area (Å²) in [7, 11) is 0. The number of para-hydroxylation sites is 2. The molecule has 0 bridgehead atoms. The largest absolute Gasteiger partial charge is 0.334 e. The molecule has 2 aromatic rings. The third-order valence-electron chi connectivity index (χ3n) is 2.36. The highest BCUT2D eigenvalue weighted by Gasteiger charge is 2.13. The van der Waals surface area contributed by atoms with Crippen LogP contribution >= 0.6 is 0 Å². The summed E-state index contributed by atoms with van der Waals surface area (Å²) >= 11 is 0. The Hall–Kier alpha value is -2.43. The van der Waals surface area contributed by atoms with E-state index < -0.39 is 4.92 Å². The van der Waals surface area contributed by atoms with Crippen molar-refractivity contribution < 1.29 is 4.92 Å². The van der Waals surface area contributed by atoms with Crippen molar-refractivity contribution in [2.75, 3.05) is 5.32 Å². The molecule has 0 saturated carbocycles. The fraction of sp³-hybridized carbons (Fsp3) is 0.0833. The van der Waals surface area contributed by atoms with Crippen molar-refractivity contribution in [1.82, 2.24) is 4.98 Å². The van der Waals surface area contributed by atoms with E-state index >= 15 is 0 Å². The summed E-state index contributed by atoms with van der Waals surface area (Å²) < 4.78 is 0. The number of hydrogen-bond acceptors (Lipinski definition) is 4. The van der Waals surface area contributed by atoms with Gasteiger partial charge < -0.3 is 5.32 Å². The number of aromatic nitrogens is 1. The van der Waals surface area contributed by atoms with E-state index in [1.54, 1.807) is 24.4 Å². The lowest BCUT2D eigenvalue weighted by Gasteiger charge is -2.07. The van der Waals surface area contributed by atoms with Gasteiger partial charge in [0, 0.05) is 12.3 Å². The SMILES string of the molecule is Cc1cccnc1Nc1ccccc1[N+](=O)[O-]. The van der Waals surface area contributed by atoms with Crippen LogP contribution in [0.1, 0.15) is 5.56 Å². The van der Waals surface area contributed by atoms with Gasteiger partial charge in [0.1, 0.15) is 11.5 Å². The van der Waals surface area contributed by atoms with Crippen LogP contribution in [0.4, 0.5) is 17.2 Å². The quantitative estimate of drug-likeness (QED) is 0.648. The maximum atomic E-state index is 10.8. The van der Waals surface area contributed by atoms with Crippen LogP contribution in [0.25, 0.3) is 0 Å². The Balaban J connectivity index is 2.37. The lowest BCUT2D eigenvalue weighted by Crippen LogP contribution is -1.99. The predicted molar refractivity (Wildman–Crippen MR) is 65.4 cm³/mol. The zero-order valence-corrected chi connectivity index (χ0v) is 9.25. The molecule has 1 aromatic heterocycles. The summed E-state index contributed by atoms with van der Waals surface area (Å²) in [5.41, 5.74) is 1.42. The standard InChI is InChI=1S/C12H11N3O2/c1-9-5-4-8-13-12(9)14-10-6-2-3-7-11(10)15(16)17/h2-8H,1H3,(H,13,14). The van der Waals surface area contributed by atoms with Crippen LogP contribution in [0, 0.1) is 17.0 Å². The van der Waals surface area contributed by atoms with Gasteiger partial charge in [0.05, 0.1) is 4.92 Å². The second-order valence-electron chi connectivity index (χ2n) is 3.57. The van der Waals surface area contributed by atoms with Gasteiger partial charge in [-0.05, 0) is 24.6 Å². The molecule has 0 atom stereocenters. The maximum absolute atomic E-state index is 10.8. The van der Waals surface area contributed by atoms with Crippen LogP contribution in [0.3, 0.4) is 0 Å². The number of pyridine rings is 1. The molecular formula is C12H11N3O2. The molecule has 1 aromatic carbocycles. The van der Waals surface area contributed by atoms with Gasteiger partial charge in [-0.2, -0.15) is 0 Å². The maximum Gasteiger partial charge on any atom is 0.292 e. The second kappa shape index (κ2) is 4.61. The van der Waals surface area contributed by atoms with Gasteiger partial charge in [-0.25, -0.2) is 4.98 Å². The van der Waals surface area contributed by atoms with Crippen LogP contribution in [-0.2, 0) is 0 Å². The smallest absolute Gasteiger partial charge is 0.292 e. The zero-order chi connectivity index (χ0) is 12.3. The van der Waals surface area contributed by atoms with Gasteiger partial charge >= 0.3 is 0 Å². The van der Waals surface area contributed by atoms with Gasteiger partial charge in [-0.3, -0.25) is 10.1 Å². The number of anilines is 2. The highest BCUT2D eigenvalue weighted by molar-refractivity contribution is 5.68. The number of nitrogens with one attached hydrogen (secondary N) is 1. The van der Waals surface area contributed by atoms with Crippen LogP contribution in [0.2, 0.25) is 0 Å². The molecule has 5 heteroatoms. The van der Waals surface area contributed by atoms with Crippen molar-refractivity contribution >= 4 is 17.2 Å². The van der Waals surface area contributed by atoms with E-state index in [2.05, 4.69) is 10.3 Å². The van der Waals surface area contributed by atoms with Gasteiger partial charge in [0.25, 0.3) is 5.69 Å². The van der Waals surface area contributed by atoms with E-state index in [0.717, 1.165) is 5.56 Å². The first kappa shape index (κ1) is 11.1. The molecular weight excluding hydrogens is 218 g/mol. The fourth-order valence-corrected chi connectivity index (χ4v) is 1.48. The summed E-state index contributed by atoms with van der Waals surface area (Å²) in [6.45, 7) is 1.89. The second-order valence-corrected chi connectivity index (χ2v) is 3.57. The number of nitro benzene ring substituents is 1. The summed E-state index contributed by atoms with van der Waals surface area (Å²) in [5, 5.41) is 13.8. The lowest BCUT2D eigenvalue weighted by atomic mass is 10.2. The van der Waals surface area contributed by atoms with Crippen LogP contribution < -0.4 is 5.32 Å². The Morgan fingerprint density at radius 3 is 2.71 bits per heavy atom. The lowest BCUT2D eigenvalue weighted by molar-refractivity contribution is -0.383. The van der Waals surface area contributed by atoms with E-state index in [-0.39, 0.29) is 5.69 Å². The Kier molecular flexibility index (Phi) is 3.00. The van der Waals surface area contributed by atoms with Crippen molar-refractivity contribution in [2.24, 2.45) is 0 Å². The first-order valence-corrected chi connectivity index (χ1v) is 5.10. The molecule has 0 spiro atoms. The highest BCUT2D eigenvalue weighted by atomic mass is 16.6. The van der Waals surface area contributed by atoms with Crippen molar-refractivity contribution in [3.63, 3.8) is 0 Å². The number of nitrogens with zero attached hydrogens (tertiary/aromatic N) is 2. The molecule has 0 aliphatic rings. The first-order valence-electron chi connectivity index (χ1n) is 5.10. The van der Waals surface area contributed by atoms with E-state index in [4.69, 9.17) is 0 Å². The number of benzene rings is 1. The Labute approximate surface area is 98.3 Å². The van der Waals surface area contributed by atoms with Crippen molar-refractivity contribution in [1.29, 1.82) is 0 Å². The fourth-order valence-electron chi connectivity index (χ4n) is 1.48. The molecule has 5 nitrogen and oxygen atoms in total. The molecule has 2 rings (SSSR count). The third kappa shape index (κ3) is 2.39. The Morgan fingerprint density at radius 2 is 2.00 bits per heavy atom. The van der Waals surface area contributed by atoms with E-state index in [9.17, 15) is 10.1 Å². The van der Waals surface area contributed by atoms with Crippen molar-refractivity contribution in [3.8, 4) is 0 Å². The van der Waals surface area contributed by atoms with E-state index in [1.165, 1.54) is 6.07 Å². The third-order valence-corrected chi connectivity index (χ3v) is 2.36. The molecule has 1 heterocycles. The Bertz CT molecular complexity index is 555. The minimum Gasteiger partial charge on any atom is -0.334 e. The van der Waals surface area contributed by atoms with E-state index in [1.807, 2.05) is 19.1 Å². The summed E-state index contributed by atoms with van der Waals surface area (Å²) in [6.07, 6.45) is 1.64. The molecule has 86 valence electrons. The topological polar surface area (TPSA) is 68.1 Å². The van der Waals surface area contributed by atoms with Gasteiger partial charge in [-0.15, -0.1) is 0 Å². The molecule has 17 heavy (non-hydrogen) atoms. The number of rotatable bonds is 3. The predicted octanol–water partition coefficient (Wildman–Crippen LogP) is 3.04. The molecule has 0 saturated heterocycles. The first-order chi connectivity index (χ1) is 8.18. The molecule has 0 aliphatic heterocycles. The Morgan fingerprint density at radius 1 is 1.24 bits per heavy atom. The summed E-state index contributed by atoms with van der Waals surface area (Å²) in [5.74, 6) is 0.627. The average Bonchev–Trinajstić information content (AvgIpc) is 2.32.